The Balaban J connectivity index is 1.48. The topological polar surface area (TPSA) is 77.8 Å². The molecular weight excluding hydrogens is 342 g/mol. The minimum Gasteiger partial charge on any atom is -0.496 e. The van der Waals surface area contributed by atoms with Gasteiger partial charge in [-0.05, 0) is 49.1 Å². The lowest BCUT2D eigenvalue weighted by molar-refractivity contribution is 0.297. The Morgan fingerprint density at radius 3 is 2.89 bits per heavy atom. The maximum absolute atomic E-state index is 5.85. The Labute approximate surface area is 156 Å². The SMILES string of the molecule is COc1cc(OCC2CC2)ccc1-c1nc2ccc(-n3cncn3)cc2[nH]1. The molecule has 1 aliphatic carbocycles. The molecule has 4 aromatic rings. The number of H-pyrrole nitrogens is 1. The number of rotatable bonds is 6. The molecule has 5 rings (SSSR count). The Kier molecular flexibility index (Phi) is 3.78. The van der Waals surface area contributed by atoms with Crippen molar-refractivity contribution in [3.05, 3.63) is 49.1 Å². The second-order valence-electron chi connectivity index (χ2n) is 6.74. The molecule has 0 radical (unpaired) electrons. The molecule has 0 bridgehead atoms. The van der Waals surface area contributed by atoms with Gasteiger partial charge in [0.15, 0.2) is 0 Å². The fraction of sp³-hybridized carbons (Fsp3) is 0.250. The summed E-state index contributed by atoms with van der Waals surface area (Å²) in [6.45, 7) is 0.776. The molecule has 136 valence electrons. The largest absolute Gasteiger partial charge is 0.496 e. The highest BCUT2D eigenvalue weighted by molar-refractivity contribution is 5.82. The highest BCUT2D eigenvalue weighted by Gasteiger charge is 2.22. The fourth-order valence-corrected chi connectivity index (χ4v) is 3.06. The standard InChI is InChI=1S/C20H19N5O2/c1-26-19-9-15(27-10-13-2-3-13)5-6-16(19)20-23-17-7-4-14(8-18(17)24-20)25-12-21-11-22-25/h4-9,11-13H,2-3,10H2,1H3,(H,23,24). The average Bonchev–Trinajstić information content (AvgIpc) is 3.19. The second kappa shape index (κ2) is 6.42. The summed E-state index contributed by atoms with van der Waals surface area (Å²) in [4.78, 5) is 12.1. The van der Waals surface area contributed by atoms with E-state index in [2.05, 4.69) is 15.1 Å². The zero-order valence-electron chi connectivity index (χ0n) is 14.9. The van der Waals surface area contributed by atoms with E-state index in [1.54, 1.807) is 18.1 Å². The van der Waals surface area contributed by atoms with E-state index in [0.29, 0.717) is 5.92 Å². The first-order valence-electron chi connectivity index (χ1n) is 8.96. The van der Waals surface area contributed by atoms with Crippen LogP contribution in [0, 0.1) is 5.92 Å². The molecule has 2 aromatic heterocycles. The summed E-state index contributed by atoms with van der Waals surface area (Å²) >= 11 is 0. The lowest BCUT2D eigenvalue weighted by atomic mass is 10.2. The number of benzene rings is 2. The third kappa shape index (κ3) is 3.12. The normalized spacial score (nSPS) is 13.8. The maximum atomic E-state index is 5.85. The van der Waals surface area contributed by atoms with Gasteiger partial charge in [0.05, 0.1) is 36.0 Å². The second-order valence-corrected chi connectivity index (χ2v) is 6.74. The van der Waals surface area contributed by atoms with Crippen molar-refractivity contribution in [2.45, 2.75) is 12.8 Å². The van der Waals surface area contributed by atoms with E-state index in [1.807, 2.05) is 36.4 Å². The van der Waals surface area contributed by atoms with E-state index in [0.717, 1.165) is 46.2 Å². The smallest absolute Gasteiger partial charge is 0.142 e. The number of methoxy groups -OCH3 is 1. The number of hydrogen-bond donors (Lipinski definition) is 1. The Hall–Kier alpha value is -3.35. The third-order valence-electron chi connectivity index (χ3n) is 4.76. The van der Waals surface area contributed by atoms with Crippen LogP contribution in [0.15, 0.2) is 49.1 Å². The Morgan fingerprint density at radius 1 is 1.19 bits per heavy atom. The van der Waals surface area contributed by atoms with Gasteiger partial charge in [0.2, 0.25) is 0 Å². The molecule has 1 saturated carbocycles. The Bertz CT molecular complexity index is 1080. The van der Waals surface area contributed by atoms with Crippen molar-refractivity contribution in [2.24, 2.45) is 5.92 Å². The highest BCUT2D eigenvalue weighted by Crippen LogP contribution is 2.34. The first-order chi connectivity index (χ1) is 13.3. The number of nitrogens with zero attached hydrogens (tertiary/aromatic N) is 4. The van der Waals surface area contributed by atoms with E-state index >= 15 is 0 Å². The van der Waals surface area contributed by atoms with Crippen LogP contribution in [0.1, 0.15) is 12.8 Å². The van der Waals surface area contributed by atoms with Crippen LogP contribution in [0.25, 0.3) is 28.1 Å². The van der Waals surface area contributed by atoms with Gasteiger partial charge in [-0.15, -0.1) is 0 Å². The molecule has 2 aromatic carbocycles. The van der Waals surface area contributed by atoms with Gasteiger partial charge in [-0.3, -0.25) is 0 Å². The number of aromatic nitrogens is 5. The molecule has 7 nitrogen and oxygen atoms in total. The van der Waals surface area contributed by atoms with Gasteiger partial charge in [0, 0.05) is 6.07 Å². The number of hydrogen-bond acceptors (Lipinski definition) is 5. The Morgan fingerprint density at radius 2 is 2.11 bits per heavy atom. The van der Waals surface area contributed by atoms with Crippen molar-refractivity contribution in [3.63, 3.8) is 0 Å². The molecule has 27 heavy (non-hydrogen) atoms. The minimum atomic E-state index is 0.713. The van der Waals surface area contributed by atoms with Crippen molar-refractivity contribution in [1.82, 2.24) is 24.7 Å². The fourth-order valence-electron chi connectivity index (χ4n) is 3.06. The first-order valence-corrected chi connectivity index (χ1v) is 8.96. The van der Waals surface area contributed by atoms with E-state index in [9.17, 15) is 0 Å². The molecule has 1 aliphatic rings. The highest BCUT2D eigenvalue weighted by atomic mass is 16.5. The predicted octanol–water partition coefficient (Wildman–Crippen LogP) is 3.61. The summed E-state index contributed by atoms with van der Waals surface area (Å²) in [6, 6.07) is 11.8. The molecule has 1 N–H and O–H groups in total. The summed E-state index contributed by atoms with van der Waals surface area (Å²) in [5.74, 6) is 3.03. The van der Waals surface area contributed by atoms with Crippen molar-refractivity contribution >= 4 is 11.0 Å². The summed E-state index contributed by atoms with van der Waals surface area (Å²) in [5.41, 5.74) is 3.62. The summed E-state index contributed by atoms with van der Waals surface area (Å²) in [5, 5.41) is 4.17. The van der Waals surface area contributed by atoms with Gasteiger partial charge in [-0.2, -0.15) is 5.10 Å². The maximum Gasteiger partial charge on any atom is 0.142 e. The van der Waals surface area contributed by atoms with Gasteiger partial charge in [0.25, 0.3) is 0 Å². The van der Waals surface area contributed by atoms with E-state index in [-0.39, 0.29) is 0 Å². The van der Waals surface area contributed by atoms with Crippen LogP contribution in [0.3, 0.4) is 0 Å². The molecule has 0 atom stereocenters. The molecule has 0 aliphatic heterocycles. The molecule has 0 unspecified atom stereocenters. The number of nitrogens with one attached hydrogen (secondary N) is 1. The van der Waals surface area contributed by atoms with E-state index < -0.39 is 0 Å². The predicted molar refractivity (Wildman–Crippen MR) is 101 cm³/mol. The van der Waals surface area contributed by atoms with Crippen LogP contribution in [-0.4, -0.2) is 38.4 Å². The van der Waals surface area contributed by atoms with E-state index in [4.69, 9.17) is 14.5 Å². The van der Waals surface area contributed by atoms with Crippen molar-refractivity contribution in [1.29, 1.82) is 0 Å². The van der Waals surface area contributed by atoms with Crippen LogP contribution < -0.4 is 9.47 Å². The lowest BCUT2D eigenvalue weighted by Gasteiger charge is -2.10. The van der Waals surface area contributed by atoms with Crippen LogP contribution >= 0.6 is 0 Å². The van der Waals surface area contributed by atoms with Crippen LogP contribution in [0.4, 0.5) is 0 Å². The first kappa shape index (κ1) is 15.9. The van der Waals surface area contributed by atoms with Gasteiger partial charge < -0.3 is 14.5 Å². The van der Waals surface area contributed by atoms with Gasteiger partial charge in [0.1, 0.15) is 30.0 Å². The monoisotopic (exact) mass is 361 g/mol. The average molecular weight is 361 g/mol. The molecule has 1 fully saturated rings. The molecule has 0 amide bonds. The number of aromatic amines is 1. The summed E-state index contributed by atoms with van der Waals surface area (Å²) in [7, 11) is 1.66. The quantitative estimate of drug-likeness (QED) is 0.568. The van der Waals surface area contributed by atoms with Crippen LogP contribution in [-0.2, 0) is 0 Å². The number of ether oxygens (including phenoxy) is 2. The molecule has 0 spiro atoms. The summed E-state index contributed by atoms with van der Waals surface area (Å²) < 4.78 is 13.1. The third-order valence-corrected chi connectivity index (χ3v) is 4.76. The zero-order valence-corrected chi connectivity index (χ0v) is 14.9. The van der Waals surface area contributed by atoms with Crippen LogP contribution in [0.2, 0.25) is 0 Å². The lowest BCUT2D eigenvalue weighted by Crippen LogP contribution is -1.99. The minimum absolute atomic E-state index is 0.713. The molecule has 7 heteroatoms. The summed E-state index contributed by atoms with van der Waals surface area (Å²) in [6.07, 6.45) is 5.72. The van der Waals surface area contributed by atoms with Gasteiger partial charge in [-0.1, -0.05) is 0 Å². The van der Waals surface area contributed by atoms with Crippen LogP contribution in [0.5, 0.6) is 11.5 Å². The van der Waals surface area contributed by atoms with E-state index in [1.165, 1.54) is 19.2 Å². The number of fused-ring (bicyclic) bond motifs is 1. The van der Waals surface area contributed by atoms with Crippen molar-refractivity contribution in [3.8, 4) is 28.6 Å². The van der Waals surface area contributed by atoms with Crippen molar-refractivity contribution in [2.75, 3.05) is 13.7 Å². The molecular formula is C20H19N5O2. The van der Waals surface area contributed by atoms with Gasteiger partial charge in [-0.25, -0.2) is 14.6 Å². The molecule has 2 heterocycles. The molecule has 0 saturated heterocycles. The zero-order chi connectivity index (χ0) is 18.2. The van der Waals surface area contributed by atoms with Gasteiger partial charge >= 0.3 is 0 Å². The van der Waals surface area contributed by atoms with Crippen molar-refractivity contribution < 1.29 is 9.47 Å². The number of imidazole rings is 1.